The second-order valence-electron chi connectivity index (χ2n) is 10.5. The number of aromatic nitrogens is 2. The van der Waals surface area contributed by atoms with Gasteiger partial charge in [-0.1, -0.05) is 53.6 Å². The molecule has 0 aliphatic carbocycles. The molecule has 0 radical (unpaired) electrons. The van der Waals surface area contributed by atoms with Crippen molar-refractivity contribution < 1.29 is 9.18 Å². The molecule has 5 aromatic rings. The second-order valence-corrected chi connectivity index (χ2v) is 10.9. The van der Waals surface area contributed by atoms with Gasteiger partial charge in [0.25, 0.3) is 5.91 Å². The lowest BCUT2D eigenvalue weighted by atomic mass is 10.00. The van der Waals surface area contributed by atoms with E-state index in [2.05, 4.69) is 59.7 Å². The van der Waals surface area contributed by atoms with Crippen LogP contribution in [0, 0.1) is 19.7 Å². The molecule has 0 spiro atoms. The van der Waals surface area contributed by atoms with Crippen molar-refractivity contribution in [3.05, 3.63) is 118 Å². The number of fused-ring (bicyclic) bond motifs is 1. The number of aryl methyl sites for hydroxylation is 2. The summed E-state index contributed by atoms with van der Waals surface area (Å²) in [5, 5.41) is 0.686. The first-order chi connectivity index (χ1) is 19.4. The van der Waals surface area contributed by atoms with E-state index in [1.165, 1.54) is 28.8 Å². The average Bonchev–Trinajstić information content (AvgIpc) is 3.32. The maximum absolute atomic E-state index is 13.7. The molecule has 6 rings (SSSR count). The minimum atomic E-state index is -0.396. The van der Waals surface area contributed by atoms with Gasteiger partial charge in [-0.2, -0.15) is 0 Å². The highest BCUT2D eigenvalue weighted by molar-refractivity contribution is 6.30. The van der Waals surface area contributed by atoms with Crippen molar-refractivity contribution in [2.24, 2.45) is 0 Å². The van der Waals surface area contributed by atoms with Gasteiger partial charge >= 0.3 is 0 Å². The lowest BCUT2D eigenvalue weighted by molar-refractivity contribution is 0.0626. The molecular weight excluding hydrogens is 523 g/mol. The molecule has 5 nitrogen and oxygen atoms in total. The summed E-state index contributed by atoms with van der Waals surface area (Å²) in [6, 6.07) is 24.4. The third-order valence-electron chi connectivity index (χ3n) is 7.64. The standard InChI is InChI=1S/C33H30ClFN4O/c1-22-6-7-23(2)29(18-22)26-10-13-31-36-32(24-8-11-27(34)12-9-24)30(39(31)20-26)21-37-14-16-38(17-15-37)33(40)25-4-3-5-28(35)19-25/h3-13,18-20H,14-17,21H2,1-2H3. The number of piperazine rings is 1. The average molecular weight is 553 g/mol. The van der Waals surface area contributed by atoms with Crippen LogP contribution in [0.15, 0.2) is 85.1 Å². The van der Waals surface area contributed by atoms with Crippen molar-refractivity contribution in [1.29, 1.82) is 0 Å². The topological polar surface area (TPSA) is 40.9 Å². The van der Waals surface area contributed by atoms with E-state index in [1.807, 2.05) is 24.3 Å². The highest BCUT2D eigenvalue weighted by Gasteiger charge is 2.25. The largest absolute Gasteiger partial charge is 0.336 e. The van der Waals surface area contributed by atoms with E-state index < -0.39 is 5.82 Å². The molecule has 1 amide bonds. The first-order valence-electron chi connectivity index (χ1n) is 13.5. The van der Waals surface area contributed by atoms with Crippen molar-refractivity contribution >= 4 is 23.2 Å². The Hall–Kier alpha value is -4.00. The molecule has 0 saturated carbocycles. The van der Waals surface area contributed by atoms with Crippen molar-refractivity contribution in [3.8, 4) is 22.4 Å². The molecule has 2 aromatic heterocycles. The number of hydrogen-bond donors (Lipinski definition) is 0. The second kappa shape index (κ2) is 10.9. The summed E-state index contributed by atoms with van der Waals surface area (Å²) < 4.78 is 15.9. The van der Waals surface area contributed by atoms with E-state index in [0.29, 0.717) is 43.3 Å². The van der Waals surface area contributed by atoms with Gasteiger partial charge < -0.3 is 9.30 Å². The molecular formula is C33H30ClFN4O. The Morgan fingerprint density at radius 3 is 2.40 bits per heavy atom. The molecule has 0 atom stereocenters. The summed E-state index contributed by atoms with van der Waals surface area (Å²) in [7, 11) is 0. The van der Waals surface area contributed by atoms with Gasteiger partial charge in [-0.15, -0.1) is 0 Å². The number of amides is 1. The minimum Gasteiger partial charge on any atom is -0.336 e. The molecule has 1 aliphatic rings. The molecule has 3 heterocycles. The Bertz CT molecular complexity index is 1700. The van der Waals surface area contributed by atoms with Gasteiger partial charge in [-0.05, 0) is 73.0 Å². The van der Waals surface area contributed by atoms with E-state index in [9.17, 15) is 9.18 Å². The number of benzene rings is 3. The number of halogens is 2. The highest BCUT2D eigenvalue weighted by Crippen LogP contribution is 2.31. The van der Waals surface area contributed by atoms with Crippen LogP contribution >= 0.6 is 11.6 Å². The van der Waals surface area contributed by atoms with E-state index in [1.54, 1.807) is 17.0 Å². The number of carbonyl (C=O) groups excluding carboxylic acids is 1. The van der Waals surface area contributed by atoms with Gasteiger partial charge in [-0.25, -0.2) is 9.37 Å². The van der Waals surface area contributed by atoms with E-state index in [-0.39, 0.29) is 5.91 Å². The van der Waals surface area contributed by atoms with Gasteiger partial charge in [0.15, 0.2) is 0 Å². The van der Waals surface area contributed by atoms with E-state index >= 15 is 0 Å². The van der Waals surface area contributed by atoms with Crippen LogP contribution in [0.4, 0.5) is 4.39 Å². The van der Waals surface area contributed by atoms with Crippen LogP contribution in [0.2, 0.25) is 5.02 Å². The zero-order chi connectivity index (χ0) is 27.8. The molecule has 40 heavy (non-hydrogen) atoms. The van der Waals surface area contributed by atoms with Gasteiger partial charge in [0, 0.05) is 55.1 Å². The van der Waals surface area contributed by atoms with Crippen molar-refractivity contribution in [2.45, 2.75) is 20.4 Å². The quantitative estimate of drug-likeness (QED) is 0.235. The van der Waals surface area contributed by atoms with Gasteiger partial charge in [-0.3, -0.25) is 9.69 Å². The molecule has 1 fully saturated rings. The van der Waals surface area contributed by atoms with Crippen molar-refractivity contribution in [3.63, 3.8) is 0 Å². The third kappa shape index (κ3) is 5.25. The highest BCUT2D eigenvalue weighted by atomic mass is 35.5. The monoisotopic (exact) mass is 552 g/mol. The fourth-order valence-corrected chi connectivity index (χ4v) is 5.54. The molecule has 7 heteroatoms. The maximum Gasteiger partial charge on any atom is 0.254 e. The Morgan fingerprint density at radius 2 is 1.65 bits per heavy atom. The number of rotatable bonds is 5. The Labute approximate surface area is 238 Å². The summed E-state index contributed by atoms with van der Waals surface area (Å²) in [6.45, 7) is 7.51. The molecule has 202 valence electrons. The molecule has 0 bridgehead atoms. The number of nitrogens with zero attached hydrogens (tertiary/aromatic N) is 4. The third-order valence-corrected chi connectivity index (χ3v) is 7.90. The van der Waals surface area contributed by atoms with Crippen LogP contribution < -0.4 is 0 Å². The van der Waals surface area contributed by atoms with Crippen LogP contribution in [0.3, 0.4) is 0 Å². The maximum atomic E-state index is 13.7. The van der Waals surface area contributed by atoms with Crippen LogP contribution in [-0.2, 0) is 6.54 Å². The fraction of sp³-hybridized carbons (Fsp3) is 0.212. The molecule has 0 unspecified atom stereocenters. The predicted molar refractivity (Wildman–Crippen MR) is 158 cm³/mol. The van der Waals surface area contributed by atoms with Crippen LogP contribution in [0.5, 0.6) is 0 Å². The smallest absolute Gasteiger partial charge is 0.254 e. The molecule has 1 aliphatic heterocycles. The van der Waals surface area contributed by atoms with Crippen molar-refractivity contribution in [2.75, 3.05) is 26.2 Å². The van der Waals surface area contributed by atoms with Gasteiger partial charge in [0.05, 0.1) is 11.4 Å². The Kier molecular flexibility index (Phi) is 7.13. The Morgan fingerprint density at radius 1 is 0.900 bits per heavy atom. The van der Waals surface area contributed by atoms with Gasteiger partial charge in [0.1, 0.15) is 11.5 Å². The summed E-state index contributed by atoms with van der Waals surface area (Å²) in [5.74, 6) is -0.527. The Balaban J connectivity index is 1.32. The number of pyridine rings is 1. The number of imidazole rings is 1. The predicted octanol–water partition coefficient (Wildman–Crippen LogP) is 7.04. The normalized spacial score (nSPS) is 14.2. The minimum absolute atomic E-state index is 0.131. The van der Waals surface area contributed by atoms with Crippen LogP contribution in [0.1, 0.15) is 27.2 Å². The molecule has 1 saturated heterocycles. The summed E-state index contributed by atoms with van der Waals surface area (Å²) in [6.07, 6.45) is 2.18. The van der Waals surface area contributed by atoms with Gasteiger partial charge in [0.2, 0.25) is 0 Å². The number of carbonyl (C=O) groups is 1. The molecule has 0 N–H and O–H groups in total. The number of hydrogen-bond acceptors (Lipinski definition) is 3. The van der Waals surface area contributed by atoms with Crippen LogP contribution in [-0.4, -0.2) is 51.3 Å². The first-order valence-corrected chi connectivity index (χ1v) is 13.9. The lowest BCUT2D eigenvalue weighted by Crippen LogP contribution is -2.48. The summed E-state index contributed by atoms with van der Waals surface area (Å²) in [5.41, 5.74) is 9.09. The van der Waals surface area contributed by atoms with E-state index in [4.69, 9.17) is 16.6 Å². The fourth-order valence-electron chi connectivity index (χ4n) is 5.41. The lowest BCUT2D eigenvalue weighted by Gasteiger charge is -2.34. The SMILES string of the molecule is Cc1ccc(C)c(-c2ccc3nc(-c4ccc(Cl)cc4)c(CN4CCN(C(=O)c5cccc(F)c5)CC4)n3c2)c1. The summed E-state index contributed by atoms with van der Waals surface area (Å²) >= 11 is 6.19. The first kappa shape index (κ1) is 26.2. The van der Waals surface area contributed by atoms with Crippen molar-refractivity contribution in [1.82, 2.24) is 19.2 Å². The zero-order valence-electron chi connectivity index (χ0n) is 22.6. The van der Waals surface area contributed by atoms with Crippen LogP contribution in [0.25, 0.3) is 28.0 Å². The zero-order valence-corrected chi connectivity index (χ0v) is 23.3. The van der Waals surface area contributed by atoms with E-state index in [0.717, 1.165) is 28.2 Å². The summed E-state index contributed by atoms with van der Waals surface area (Å²) in [4.78, 5) is 22.1. The molecule has 3 aromatic carbocycles.